The van der Waals surface area contributed by atoms with Crippen LogP contribution >= 0.6 is 0 Å². The van der Waals surface area contributed by atoms with Gasteiger partial charge in [-0.05, 0) is 37.5 Å². The first-order valence-electron chi connectivity index (χ1n) is 7.14. The van der Waals surface area contributed by atoms with Gasteiger partial charge in [0.2, 0.25) is 0 Å². The van der Waals surface area contributed by atoms with Gasteiger partial charge in [0, 0.05) is 25.2 Å². The van der Waals surface area contributed by atoms with Crippen LogP contribution < -0.4 is 5.73 Å². The molecule has 2 rings (SSSR count). The van der Waals surface area contributed by atoms with E-state index in [1.54, 1.807) is 0 Å². The summed E-state index contributed by atoms with van der Waals surface area (Å²) in [5.74, 6) is 1.21. The van der Waals surface area contributed by atoms with Crippen molar-refractivity contribution in [3.05, 3.63) is 0 Å². The van der Waals surface area contributed by atoms with Crippen LogP contribution in [0.1, 0.15) is 45.4 Å². The molecule has 1 unspecified atom stereocenters. The Bertz CT molecular complexity index is 230. The van der Waals surface area contributed by atoms with Gasteiger partial charge in [-0.15, -0.1) is 0 Å². The van der Waals surface area contributed by atoms with Crippen molar-refractivity contribution in [1.29, 1.82) is 0 Å². The minimum Gasteiger partial charge on any atom is -0.392 e. The average Bonchev–Trinajstić information content (AvgIpc) is 2.40. The van der Waals surface area contributed by atoms with Crippen LogP contribution in [0.25, 0.3) is 0 Å². The highest BCUT2D eigenvalue weighted by atomic mass is 16.5. The first-order valence-corrected chi connectivity index (χ1v) is 7.14. The molecule has 2 fully saturated rings. The molecule has 3 nitrogen and oxygen atoms in total. The molecule has 1 saturated carbocycles. The highest BCUT2D eigenvalue weighted by Crippen LogP contribution is 2.44. The third kappa shape index (κ3) is 2.83. The van der Waals surface area contributed by atoms with Crippen LogP contribution in [-0.4, -0.2) is 31.0 Å². The van der Waals surface area contributed by atoms with Gasteiger partial charge >= 0.3 is 0 Å². The number of hydrogen-bond acceptors (Lipinski definition) is 3. The molecule has 0 radical (unpaired) electrons. The molecule has 2 aliphatic rings. The highest BCUT2D eigenvalue weighted by Gasteiger charge is 2.43. The third-order valence-corrected chi connectivity index (χ3v) is 5.02. The molecule has 3 heteroatoms. The number of aliphatic hydroxyl groups excluding tert-OH is 1. The Kier molecular flexibility index (Phi) is 4.45. The fraction of sp³-hybridized carbons (Fsp3) is 1.00. The zero-order chi connectivity index (χ0) is 12.3. The standard InChI is InChI=1S/C14H27NO2/c1-11-2-6-14(10-15,7-3-11)13(16)12-4-8-17-9-5-12/h11-13,16H,2-10,15H2,1H3. The Hall–Kier alpha value is -0.120. The molecular weight excluding hydrogens is 214 g/mol. The monoisotopic (exact) mass is 241 g/mol. The largest absolute Gasteiger partial charge is 0.392 e. The maximum Gasteiger partial charge on any atom is 0.0638 e. The van der Waals surface area contributed by atoms with E-state index in [9.17, 15) is 5.11 Å². The number of nitrogens with two attached hydrogens (primary N) is 1. The van der Waals surface area contributed by atoms with Crippen LogP contribution in [0, 0.1) is 17.3 Å². The van der Waals surface area contributed by atoms with E-state index >= 15 is 0 Å². The first-order chi connectivity index (χ1) is 8.18. The summed E-state index contributed by atoms with van der Waals surface area (Å²) < 4.78 is 5.38. The van der Waals surface area contributed by atoms with Crippen molar-refractivity contribution >= 4 is 0 Å². The summed E-state index contributed by atoms with van der Waals surface area (Å²) in [5.41, 5.74) is 5.99. The Morgan fingerprint density at radius 3 is 2.35 bits per heavy atom. The van der Waals surface area contributed by atoms with Gasteiger partial charge in [0.05, 0.1) is 6.10 Å². The summed E-state index contributed by atoms with van der Waals surface area (Å²) in [6, 6.07) is 0. The molecule has 100 valence electrons. The maximum absolute atomic E-state index is 10.7. The molecule has 1 saturated heterocycles. The van der Waals surface area contributed by atoms with E-state index in [0.29, 0.717) is 12.5 Å². The SMILES string of the molecule is CC1CCC(CN)(C(O)C2CCOCC2)CC1. The molecule has 0 aromatic rings. The quantitative estimate of drug-likeness (QED) is 0.794. The van der Waals surface area contributed by atoms with Crippen LogP contribution in [0.2, 0.25) is 0 Å². The van der Waals surface area contributed by atoms with Gasteiger partial charge in [-0.1, -0.05) is 19.8 Å². The van der Waals surface area contributed by atoms with Crippen molar-refractivity contribution < 1.29 is 9.84 Å². The predicted octanol–water partition coefficient (Wildman–Crippen LogP) is 1.93. The minimum absolute atomic E-state index is 0.00544. The molecule has 17 heavy (non-hydrogen) atoms. The lowest BCUT2D eigenvalue weighted by atomic mass is 9.64. The Balaban J connectivity index is 2.00. The van der Waals surface area contributed by atoms with Crippen LogP contribution in [0.4, 0.5) is 0 Å². The van der Waals surface area contributed by atoms with Crippen molar-refractivity contribution in [2.45, 2.75) is 51.6 Å². The second-order valence-corrected chi connectivity index (χ2v) is 6.14. The van der Waals surface area contributed by atoms with Crippen LogP contribution in [0.15, 0.2) is 0 Å². The normalized spacial score (nSPS) is 37.9. The van der Waals surface area contributed by atoms with E-state index in [4.69, 9.17) is 10.5 Å². The third-order valence-electron chi connectivity index (χ3n) is 5.02. The topological polar surface area (TPSA) is 55.5 Å². The summed E-state index contributed by atoms with van der Waals surface area (Å²) >= 11 is 0. The van der Waals surface area contributed by atoms with Gasteiger partial charge in [0.25, 0.3) is 0 Å². The van der Waals surface area contributed by atoms with Gasteiger partial charge in [0.1, 0.15) is 0 Å². The molecular formula is C14H27NO2. The predicted molar refractivity (Wildman–Crippen MR) is 68.7 cm³/mol. The second kappa shape index (κ2) is 5.68. The lowest BCUT2D eigenvalue weighted by Gasteiger charge is -2.45. The van der Waals surface area contributed by atoms with E-state index in [0.717, 1.165) is 44.8 Å². The fourth-order valence-corrected chi connectivity index (χ4v) is 3.49. The molecule has 1 heterocycles. The zero-order valence-corrected chi connectivity index (χ0v) is 11.0. The molecule has 0 spiro atoms. The Morgan fingerprint density at radius 2 is 1.82 bits per heavy atom. The van der Waals surface area contributed by atoms with Gasteiger partial charge in [-0.2, -0.15) is 0 Å². The molecule has 0 amide bonds. The number of hydrogen-bond donors (Lipinski definition) is 2. The minimum atomic E-state index is -0.219. The number of aliphatic hydroxyl groups is 1. The fourth-order valence-electron chi connectivity index (χ4n) is 3.49. The molecule has 1 aliphatic carbocycles. The van der Waals surface area contributed by atoms with Gasteiger partial charge in [-0.25, -0.2) is 0 Å². The average molecular weight is 241 g/mol. The van der Waals surface area contributed by atoms with E-state index in [-0.39, 0.29) is 11.5 Å². The summed E-state index contributed by atoms with van der Waals surface area (Å²) in [6.45, 7) is 4.55. The van der Waals surface area contributed by atoms with E-state index in [2.05, 4.69) is 6.92 Å². The van der Waals surface area contributed by atoms with E-state index < -0.39 is 0 Å². The zero-order valence-electron chi connectivity index (χ0n) is 11.0. The Morgan fingerprint density at radius 1 is 1.24 bits per heavy atom. The number of ether oxygens (including phenoxy) is 1. The molecule has 1 atom stereocenters. The van der Waals surface area contributed by atoms with Gasteiger partial charge in [-0.3, -0.25) is 0 Å². The Labute approximate surface area is 105 Å². The molecule has 1 aliphatic heterocycles. The van der Waals surface area contributed by atoms with Crippen LogP contribution in [-0.2, 0) is 4.74 Å². The van der Waals surface area contributed by atoms with Crippen molar-refractivity contribution in [2.24, 2.45) is 23.0 Å². The van der Waals surface area contributed by atoms with E-state index in [1.165, 1.54) is 12.8 Å². The van der Waals surface area contributed by atoms with Crippen LogP contribution in [0.5, 0.6) is 0 Å². The summed E-state index contributed by atoms with van der Waals surface area (Å²) in [5, 5.41) is 10.7. The van der Waals surface area contributed by atoms with Crippen molar-refractivity contribution in [3.8, 4) is 0 Å². The smallest absolute Gasteiger partial charge is 0.0638 e. The van der Waals surface area contributed by atoms with Gasteiger partial charge < -0.3 is 15.6 Å². The molecule has 0 aromatic carbocycles. The summed E-state index contributed by atoms with van der Waals surface area (Å²) in [6.07, 6.45) is 6.42. The van der Waals surface area contributed by atoms with Gasteiger partial charge in [0.15, 0.2) is 0 Å². The summed E-state index contributed by atoms with van der Waals surface area (Å²) in [4.78, 5) is 0. The van der Waals surface area contributed by atoms with Crippen molar-refractivity contribution in [2.75, 3.05) is 19.8 Å². The molecule has 0 bridgehead atoms. The highest BCUT2D eigenvalue weighted by molar-refractivity contribution is 4.94. The number of rotatable bonds is 3. The van der Waals surface area contributed by atoms with Crippen molar-refractivity contribution in [1.82, 2.24) is 0 Å². The van der Waals surface area contributed by atoms with E-state index in [1.807, 2.05) is 0 Å². The second-order valence-electron chi connectivity index (χ2n) is 6.14. The maximum atomic E-state index is 10.7. The summed E-state index contributed by atoms with van der Waals surface area (Å²) in [7, 11) is 0. The molecule has 3 N–H and O–H groups in total. The lowest BCUT2D eigenvalue weighted by Crippen LogP contribution is -2.48. The van der Waals surface area contributed by atoms with Crippen molar-refractivity contribution in [3.63, 3.8) is 0 Å². The van der Waals surface area contributed by atoms with Crippen LogP contribution in [0.3, 0.4) is 0 Å². The first kappa shape index (κ1) is 13.3. The lowest BCUT2D eigenvalue weighted by molar-refractivity contribution is -0.0738. The molecule has 0 aromatic heterocycles.